The van der Waals surface area contributed by atoms with E-state index in [2.05, 4.69) is 0 Å². The highest BCUT2D eigenvalue weighted by Crippen LogP contribution is 2.12. The normalized spacial score (nSPS) is 25.7. The number of carbonyl (C=O) groups is 2. The Labute approximate surface area is 81.4 Å². The maximum absolute atomic E-state index is 11.2. The number of nitrogens with zero attached hydrogens (tertiary/aromatic N) is 1. The molecule has 0 aromatic heterocycles. The Morgan fingerprint density at radius 3 is 2.71 bits per heavy atom. The van der Waals surface area contributed by atoms with Gasteiger partial charge in [-0.15, -0.1) is 0 Å². The van der Waals surface area contributed by atoms with Gasteiger partial charge in [-0.1, -0.05) is 0 Å². The molecule has 1 rings (SSSR count). The van der Waals surface area contributed by atoms with Crippen molar-refractivity contribution in [3.8, 4) is 0 Å². The van der Waals surface area contributed by atoms with Gasteiger partial charge in [0.05, 0.1) is 24.0 Å². The van der Waals surface area contributed by atoms with E-state index >= 15 is 0 Å². The Kier molecular flexibility index (Phi) is 3.10. The molecule has 14 heavy (non-hydrogen) atoms. The molecule has 1 aliphatic heterocycles. The van der Waals surface area contributed by atoms with E-state index in [1.54, 1.807) is 0 Å². The number of rotatable bonds is 3. The van der Waals surface area contributed by atoms with Crippen molar-refractivity contribution in [1.82, 2.24) is 4.90 Å². The average Bonchev–Trinajstić information content (AvgIpc) is 2.01. The van der Waals surface area contributed by atoms with Gasteiger partial charge >= 0.3 is 5.97 Å². The number of carboxylic acid groups (broad SMARTS) is 1. The Morgan fingerprint density at radius 1 is 1.57 bits per heavy atom. The van der Waals surface area contributed by atoms with Crippen LogP contribution in [0.15, 0.2) is 0 Å². The summed E-state index contributed by atoms with van der Waals surface area (Å²) in [5.41, 5.74) is 0. The smallest absolute Gasteiger partial charge is 0.305 e. The van der Waals surface area contributed by atoms with Gasteiger partial charge in [0, 0.05) is 6.54 Å². The summed E-state index contributed by atoms with van der Waals surface area (Å²) in [5, 5.41) is 8.51. The van der Waals surface area contributed by atoms with E-state index in [0.29, 0.717) is 6.41 Å². The first-order valence-electron chi connectivity index (χ1n) is 4.08. The third kappa shape index (κ3) is 2.69. The van der Waals surface area contributed by atoms with Gasteiger partial charge < -0.3 is 10.0 Å². The van der Waals surface area contributed by atoms with E-state index in [1.165, 1.54) is 4.90 Å². The van der Waals surface area contributed by atoms with Crippen LogP contribution < -0.4 is 0 Å². The molecule has 80 valence electrons. The number of hydrogen-bond acceptors (Lipinski definition) is 4. The van der Waals surface area contributed by atoms with Gasteiger partial charge in [0.2, 0.25) is 6.41 Å². The quantitative estimate of drug-likeness (QED) is 0.599. The van der Waals surface area contributed by atoms with Gasteiger partial charge in [0.1, 0.15) is 0 Å². The highest BCUT2D eigenvalue weighted by atomic mass is 32.2. The van der Waals surface area contributed by atoms with Crippen LogP contribution in [0.3, 0.4) is 0 Å². The van der Waals surface area contributed by atoms with Crippen LogP contribution in [0.1, 0.15) is 6.42 Å². The lowest BCUT2D eigenvalue weighted by Gasteiger charge is -2.31. The maximum Gasteiger partial charge on any atom is 0.305 e. The van der Waals surface area contributed by atoms with Crippen LogP contribution in [-0.2, 0) is 19.4 Å². The van der Waals surface area contributed by atoms with Crippen molar-refractivity contribution in [2.75, 3.05) is 18.1 Å². The van der Waals surface area contributed by atoms with Crippen LogP contribution in [0.25, 0.3) is 0 Å². The van der Waals surface area contributed by atoms with Crippen molar-refractivity contribution < 1.29 is 23.1 Å². The second kappa shape index (κ2) is 3.95. The second-order valence-electron chi connectivity index (χ2n) is 3.21. The molecule has 1 aliphatic rings. The minimum absolute atomic E-state index is 0.0815. The van der Waals surface area contributed by atoms with Crippen molar-refractivity contribution in [2.45, 2.75) is 12.5 Å². The van der Waals surface area contributed by atoms with Crippen LogP contribution in [0.2, 0.25) is 0 Å². The summed E-state index contributed by atoms with van der Waals surface area (Å²) in [6.45, 7) is 0.0871. The molecule has 0 bridgehead atoms. The molecule has 1 saturated heterocycles. The zero-order valence-corrected chi connectivity index (χ0v) is 8.24. The molecule has 1 N–H and O–H groups in total. The van der Waals surface area contributed by atoms with Gasteiger partial charge in [-0.3, -0.25) is 9.59 Å². The Hall–Kier alpha value is -1.11. The predicted octanol–water partition coefficient (Wildman–Crippen LogP) is -1.28. The SMILES string of the molecule is O=CN1CCS(=O)(=O)CC1CC(=O)O. The lowest BCUT2D eigenvalue weighted by atomic mass is 10.2. The summed E-state index contributed by atoms with van der Waals surface area (Å²) < 4.78 is 22.3. The molecule has 0 aromatic rings. The molecule has 1 amide bonds. The fourth-order valence-corrected chi connectivity index (χ4v) is 2.97. The van der Waals surface area contributed by atoms with Gasteiger partial charge in [0.25, 0.3) is 0 Å². The molecule has 0 aromatic carbocycles. The number of carbonyl (C=O) groups excluding carboxylic acids is 1. The van der Waals surface area contributed by atoms with E-state index < -0.39 is 21.8 Å². The summed E-state index contributed by atoms with van der Waals surface area (Å²) in [7, 11) is -3.18. The van der Waals surface area contributed by atoms with Crippen LogP contribution in [0.4, 0.5) is 0 Å². The van der Waals surface area contributed by atoms with Crippen LogP contribution in [0, 0.1) is 0 Å². The molecule has 6 nitrogen and oxygen atoms in total. The molecule has 0 radical (unpaired) electrons. The lowest BCUT2D eigenvalue weighted by Crippen LogP contribution is -2.48. The highest BCUT2D eigenvalue weighted by Gasteiger charge is 2.31. The maximum atomic E-state index is 11.2. The first kappa shape index (κ1) is 11.0. The Morgan fingerprint density at radius 2 is 2.21 bits per heavy atom. The minimum atomic E-state index is -3.18. The summed E-state index contributed by atoms with van der Waals surface area (Å²) >= 11 is 0. The Bertz CT molecular complexity index is 336. The topological polar surface area (TPSA) is 91.8 Å². The number of sulfone groups is 1. The van der Waals surface area contributed by atoms with E-state index in [1.807, 2.05) is 0 Å². The average molecular weight is 221 g/mol. The fraction of sp³-hybridized carbons (Fsp3) is 0.714. The minimum Gasteiger partial charge on any atom is -0.481 e. The third-order valence-electron chi connectivity index (χ3n) is 2.12. The summed E-state index contributed by atoms with van der Waals surface area (Å²) in [6.07, 6.45) is 0.181. The van der Waals surface area contributed by atoms with Crippen LogP contribution in [-0.4, -0.2) is 54.9 Å². The number of amides is 1. The molecule has 7 heteroatoms. The van der Waals surface area contributed by atoms with E-state index in [9.17, 15) is 18.0 Å². The van der Waals surface area contributed by atoms with Crippen molar-refractivity contribution in [3.05, 3.63) is 0 Å². The largest absolute Gasteiger partial charge is 0.481 e. The first-order valence-corrected chi connectivity index (χ1v) is 5.90. The van der Waals surface area contributed by atoms with Gasteiger partial charge in [-0.25, -0.2) is 8.42 Å². The molecular formula is C7H11NO5S. The van der Waals surface area contributed by atoms with Crippen molar-refractivity contribution >= 4 is 22.2 Å². The second-order valence-corrected chi connectivity index (χ2v) is 5.44. The highest BCUT2D eigenvalue weighted by molar-refractivity contribution is 7.91. The van der Waals surface area contributed by atoms with Gasteiger partial charge in [-0.2, -0.15) is 0 Å². The van der Waals surface area contributed by atoms with Crippen LogP contribution in [0.5, 0.6) is 0 Å². The van der Waals surface area contributed by atoms with Crippen molar-refractivity contribution in [2.24, 2.45) is 0 Å². The number of hydrogen-bond donors (Lipinski definition) is 1. The van der Waals surface area contributed by atoms with Crippen molar-refractivity contribution in [3.63, 3.8) is 0 Å². The Balaban J connectivity index is 2.75. The summed E-state index contributed by atoms with van der Waals surface area (Å²) in [6, 6.07) is -0.719. The zero-order valence-electron chi connectivity index (χ0n) is 7.42. The lowest BCUT2D eigenvalue weighted by molar-refractivity contribution is -0.138. The van der Waals surface area contributed by atoms with Gasteiger partial charge in [0.15, 0.2) is 9.84 Å². The molecule has 1 heterocycles. The summed E-state index contributed by atoms with van der Waals surface area (Å²) in [4.78, 5) is 22.1. The first-order chi connectivity index (χ1) is 6.44. The monoisotopic (exact) mass is 221 g/mol. The fourth-order valence-electron chi connectivity index (χ4n) is 1.42. The number of aliphatic carboxylic acids is 1. The predicted molar refractivity (Wildman–Crippen MR) is 47.5 cm³/mol. The zero-order chi connectivity index (χ0) is 10.8. The van der Waals surface area contributed by atoms with Crippen LogP contribution >= 0.6 is 0 Å². The van der Waals surface area contributed by atoms with Gasteiger partial charge in [-0.05, 0) is 0 Å². The molecule has 1 atom stereocenters. The molecule has 0 spiro atoms. The standard InChI is InChI=1S/C7H11NO5S/c9-5-8-1-2-14(12,13)4-6(8)3-7(10)11/h5-6H,1-4H2,(H,10,11). The molecular weight excluding hydrogens is 210 g/mol. The van der Waals surface area contributed by atoms with E-state index in [0.717, 1.165) is 0 Å². The summed E-state index contributed by atoms with van der Waals surface area (Å²) in [5.74, 6) is -1.43. The number of carboxylic acids is 1. The van der Waals surface area contributed by atoms with Crippen molar-refractivity contribution in [1.29, 1.82) is 0 Å². The molecule has 0 saturated carbocycles. The molecule has 1 fully saturated rings. The van der Waals surface area contributed by atoms with E-state index in [4.69, 9.17) is 5.11 Å². The molecule has 0 aliphatic carbocycles. The molecule has 1 unspecified atom stereocenters. The van der Waals surface area contributed by atoms with E-state index in [-0.39, 0.29) is 24.5 Å². The third-order valence-corrected chi connectivity index (χ3v) is 3.82.